The Hall–Kier alpha value is -1.88. The smallest absolute Gasteiger partial charge is 0.254 e. The predicted octanol–water partition coefficient (Wildman–Crippen LogP) is 1.08. The van der Waals surface area contributed by atoms with Gasteiger partial charge in [0.15, 0.2) is 0 Å². The monoisotopic (exact) mass is 261 g/mol. The Kier molecular flexibility index (Phi) is 4.16. The van der Waals surface area contributed by atoms with Gasteiger partial charge in [0.25, 0.3) is 5.91 Å². The van der Waals surface area contributed by atoms with Crippen molar-refractivity contribution in [3.8, 4) is 0 Å². The van der Waals surface area contributed by atoms with E-state index in [2.05, 4.69) is 17.6 Å². The fourth-order valence-electron chi connectivity index (χ4n) is 2.23. The van der Waals surface area contributed by atoms with E-state index in [1.165, 1.54) is 6.92 Å². The molecule has 1 aliphatic heterocycles. The summed E-state index contributed by atoms with van der Waals surface area (Å²) in [6.45, 7) is 5.76. The Morgan fingerprint density at radius 2 is 2.21 bits per heavy atom. The maximum absolute atomic E-state index is 12.4. The Labute approximate surface area is 113 Å². The molecular weight excluding hydrogens is 242 g/mol. The maximum Gasteiger partial charge on any atom is 0.254 e. The summed E-state index contributed by atoms with van der Waals surface area (Å²) in [5.41, 5.74) is 1.27. The predicted molar refractivity (Wildman–Crippen MR) is 74.1 cm³/mol. The number of nitrogens with zero attached hydrogens (tertiary/aromatic N) is 1. The molecule has 19 heavy (non-hydrogen) atoms. The fraction of sp³-hybridized carbons (Fsp3) is 0.429. The molecule has 0 bridgehead atoms. The van der Waals surface area contributed by atoms with Gasteiger partial charge in [-0.05, 0) is 25.1 Å². The molecule has 1 fully saturated rings. The van der Waals surface area contributed by atoms with Gasteiger partial charge >= 0.3 is 0 Å². The molecule has 1 saturated heterocycles. The van der Waals surface area contributed by atoms with E-state index in [4.69, 9.17) is 0 Å². The Balaban J connectivity index is 2.12. The van der Waals surface area contributed by atoms with Crippen LogP contribution in [0.1, 0.15) is 24.2 Å². The third-order valence-electron chi connectivity index (χ3n) is 3.09. The molecule has 1 aromatic rings. The highest BCUT2D eigenvalue weighted by atomic mass is 16.2. The van der Waals surface area contributed by atoms with Crippen molar-refractivity contribution in [2.75, 3.05) is 25.0 Å². The summed E-state index contributed by atoms with van der Waals surface area (Å²) in [7, 11) is 0. The van der Waals surface area contributed by atoms with Crippen molar-refractivity contribution in [3.63, 3.8) is 0 Å². The van der Waals surface area contributed by atoms with Crippen molar-refractivity contribution in [1.82, 2.24) is 10.2 Å². The number of benzene rings is 1. The summed E-state index contributed by atoms with van der Waals surface area (Å²) in [4.78, 5) is 25.2. The van der Waals surface area contributed by atoms with E-state index in [0.29, 0.717) is 30.4 Å². The zero-order valence-corrected chi connectivity index (χ0v) is 11.3. The molecule has 5 heteroatoms. The molecule has 1 aromatic carbocycles. The topological polar surface area (TPSA) is 61.4 Å². The van der Waals surface area contributed by atoms with E-state index >= 15 is 0 Å². The number of carbonyl (C=O) groups excluding carboxylic acids is 2. The van der Waals surface area contributed by atoms with Crippen molar-refractivity contribution < 1.29 is 9.59 Å². The summed E-state index contributed by atoms with van der Waals surface area (Å²) < 4.78 is 0. The van der Waals surface area contributed by atoms with E-state index in [1.54, 1.807) is 24.3 Å². The largest absolute Gasteiger partial charge is 0.336 e. The Bertz CT molecular complexity index is 487. The van der Waals surface area contributed by atoms with E-state index in [9.17, 15) is 9.59 Å². The van der Waals surface area contributed by atoms with Gasteiger partial charge in [0.05, 0.1) is 0 Å². The maximum atomic E-state index is 12.4. The number of hydrogen-bond acceptors (Lipinski definition) is 3. The van der Waals surface area contributed by atoms with Crippen LogP contribution in [0.5, 0.6) is 0 Å². The molecule has 0 spiro atoms. The highest BCUT2D eigenvalue weighted by molar-refractivity contribution is 5.96. The third-order valence-corrected chi connectivity index (χ3v) is 3.09. The molecule has 2 amide bonds. The molecule has 1 unspecified atom stereocenters. The van der Waals surface area contributed by atoms with Crippen LogP contribution >= 0.6 is 0 Å². The first-order chi connectivity index (χ1) is 9.06. The quantitative estimate of drug-likeness (QED) is 0.837. The molecule has 0 saturated carbocycles. The lowest BCUT2D eigenvalue weighted by molar-refractivity contribution is -0.114. The average Bonchev–Trinajstić information content (AvgIpc) is 2.37. The van der Waals surface area contributed by atoms with Crippen molar-refractivity contribution in [1.29, 1.82) is 0 Å². The first kappa shape index (κ1) is 13.5. The number of hydrogen-bond donors (Lipinski definition) is 2. The minimum Gasteiger partial charge on any atom is -0.336 e. The molecule has 1 heterocycles. The number of nitrogens with one attached hydrogen (secondary N) is 2. The van der Waals surface area contributed by atoms with Crippen LogP contribution in [0.15, 0.2) is 24.3 Å². The second kappa shape index (κ2) is 5.84. The van der Waals surface area contributed by atoms with E-state index in [0.717, 1.165) is 6.54 Å². The number of carbonyl (C=O) groups is 2. The van der Waals surface area contributed by atoms with Crippen LogP contribution in [0.4, 0.5) is 5.69 Å². The minimum absolute atomic E-state index is 0.0144. The van der Waals surface area contributed by atoms with Crippen molar-refractivity contribution in [3.05, 3.63) is 29.8 Å². The van der Waals surface area contributed by atoms with Crippen LogP contribution in [-0.4, -0.2) is 42.4 Å². The van der Waals surface area contributed by atoms with Crippen LogP contribution in [0.25, 0.3) is 0 Å². The summed E-state index contributed by atoms with van der Waals surface area (Å²) >= 11 is 0. The summed E-state index contributed by atoms with van der Waals surface area (Å²) in [6, 6.07) is 7.37. The van der Waals surface area contributed by atoms with Crippen LogP contribution in [0.3, 0.4) is 0 Å². The molecule has 0 radical (unpaired) electrons. The number of anilines is 1. The standard InChI is InChI=1S/C14H19N3O2/c1-10-9-17(7-6-15-10)14(19)12-4-3-5-13(8-12)16-11(2)18/h3-5,8,10,15H,6-7,9H2,1-2H3,(H,16,18). The van der Waals surface area contributed by atoms with Gasteiger partial charge in [0.2, 0.25) is 5.91 Å². The fourth-order valence-corrected chi connectivity index (χ4v) is 2.23. The molecular formula is C14H19N3O2. The van der Waals surface area contributed by atoms with Crippen LogP contribution in [0.2, 0.25) is 0 Å². The molecule has 2 N–H and O–H groups in total. The Morgan fingerprint density at radius 1 is 1.42 bits per heavy atom. The van der Waals surface area contributed by atoms with Crippen LogP contribution in [0, 0.1) is 0 Å². The molecule has 0 aliphatic carbocycles. The first-order valence-corrected chi connectivity index (χ1v) is 6.46. The summed E-state index contributed by atoms with van der Waals surface area (Å²) in [5.74, 6) is -0.124. The minimum atomic E-state index is -0.139. The normalized spacial score (nSPS) is 19.1. The van der Waals surface area contributed by atoms with Gasteiger partial charge in [-0.2, -0.15) is 0 Å². The van der Waals surface area contributed by atoms with E-state index < -0.39 is 0 Å². The van der Waals surface area contributed by atoms with Gasteiger partial charge < -0.3 is 15.5 Å². The van der Waals surface area contributed by atoms with Crippen LogP contribution < -0.4 is 10.6 Å². The van der Waals surface area contributed by atoms with Crippen molar-refractivity contribution >= 4 is 17.5 Å². The van der Waals surface area contributed by atoms with Crippen molar-refractivity contribution in [2.24, 2.45) is 0 Å². The average molecular weight is 261 g/mol. The lowest BCUT2D eigenvalue weighted by Gasteiger charge is -2.32. The zero-order valence-electron chi connectivity index (χ0n) is 11.3. The second-order valence-electron chi connectivity index (χ2n) is 4.87. The lowest BCUT2D eigenvalue weighted by atomic mass is 10.1. The summed E-state index contributed by atoms with van der Waals surface area (Å²) in [6.07, 6.45) is 0. The Morgan fingerprint density at radius 3 is 2.89 bits per heavy atom. The number of piperazine rings is 1. The van der Waals surface area contributed by atoms with Gasteiger partial charge in [-0.25, -0.2) is 0 Å². The van der Waals surface area contributed by atoms with E-state index in [-0.39, 0.29) is 11.8 Å². The van der Waals surface area contributed by atoms with Gasteiger partial charge in [-0.1, -0.05) is 6.07 Å². The molecule has 2 rings (SSSR count). The van der Waals surface area contributed by atoms with E-state index in [1.807, 2.05) is 4.90 Å². The van der Waals surface area contributed by atoms with Gasteiger partial charge in [-0.3, -0.25) is 9.59 Å². The molecule has 0 aromatic heterocycles. The van der Waals surface area contributed by atoms with Crippen molar-refractivity contribution in [2.45, 2.75) is 19.9 Å². The summed E-state index contributed by atoms with van der Waals surface area (Å²) in [5, 5.41) is 5.99. The molecule has 1 atom stereocenters. The SMILES string of the molecule is CC(=O)Nc1cccc(C(=O)N2CCNC(C)C2)c1. The highest BCUT2D eigenvalue weighted by Crippen LogP contribution is 2.14. The number of rotatable bonds is 2. The van der Waals surface area contributed by atoms with Gasteiger partial charge in [0, 0.05) is 43.9 Å². The molecule has 102 valence electrons. The molecule has 1 aliphatic rings. The first-order valence-electron chi connectivity index (χ1n) is 6.46. The zero-order chi connectivity index (χ0) is 13.8. The second-order valence-corrected chi connectivity index (χ2v) is 4.87. The number of amides is 2. The lowest BCUT2D eigenvalue weighted by Crippen LogP contribution is -2.51. The highest BCUT2D eigenvalue weighted by Gasteiger charge is 2.21. The van der Waals surface area contributed by atoms with Gasteiger partial charge in [0.1, 0.15) is 0 Å². The molecule has 5 nitrogen and oxygen atoms in total. The third kappa shape index (κ3) is 3.54. The van der Waals surface area contributed by atoms with Crippen LogP contribution in [-0.2, 0) is 4.79 Å². The van der Waals surface area contributed by atoms with Gasteiger partial charge in [-0.15, -0.1) is 0 Å².